The average Bonchev–Trinajstić information content (AvgIpc) is 2.77. The summed E-state index contributed by atoms with van der Waals surface area (Å²) in [6, 6.07) is 4.91. The molecule has 5 nitrogen and oxygen atoms in total. The number of nitrogens with two attached hydrogens (primary N) is 1. The summed E-state index contributed by atoms with van der Waals surface area (Å²) in [7, 11) is -2.00. The normalized spacial score (nSPS) is 12.7. The van der Waals surface area contributed by atoms with E-state index in [4.69, 9.17) is 11.0 Å². The number of hydrogen-bond acceptors (Lipinski definition) is 5. The molecule has 2 N–H and O–H groups in total. The zero-order valence-electron chi connectivity index (χ0n) is 10.7. The number of thiophene rings is 1. The lowest BCUT2D eigenvalue weighted by Gasteiger charge is -2.28. The van der Waals surface area contributed by atoms with E-state index in [1.54, 1.807) is 0 Å². The molecule has 0 atom stereocenters. The van der Waals surface area contributed by atoms with Crippen molar-refractivity contribution < 1.29 is 8.42 Å². The quantitative estimate of drug-likeness (QED) is 0.882. The van der Waals surface area contributed by atoms with Gasteiger partial charge in [-0.3, -0.25) is 0 Å². The number of hydrogen-bond donors (Lipinski definition) is 1. The summed E-state index contributed by atoms with van der Waals surface area (Å²) >= 11 is 0.980. The Balaban J connectivity index is 2.97. The monoisotopic (exact) mass is 287 g/mol. The summed E-state index contributed by atoms with van der Waals surface area (Å²) in [6.45, 7) is 4.56. The second kappa shape index (κ2) is 5.36. The lowest BCUT2D eigenvalue weighted by Crippen LogP contribution is -2.39. The maximum atomic E-state index is 12.2. The fourth-order valence-corrected chi connectivity index (χ4v) is 4.10. The van der Waals surface area contributed by atoms with Gasteiger partial charge in [0.25, 0.3) is 10.0 Å². The van der Waals surface area contributed by atoms with Crippen molar-refractivity contribution in [3.05, 3.63) is 17.0 Å². The Bertz CT molecular complexity index is 555. The molecule has 1 rings (SSSR count). The van der Waals surface area contributed by atoms with E-state index >= 15 is 0 Å². The van der Waals surface area contributed by atoms with E-state index < -0.39 is 10.0 Å². The molecule has 1 aromatic rings. The third-order valence-electron chi connectivity index (χ3n) is 2.56. The highest BCUT2D eigenvalue weighted by Crippen LogP contribution is 2.25. The van der Waals surface area contributed by atoms with Gasteiger partial charge in [0, 0.05) is 13.6 Å². The lowest BCUT2D eigenvalue weighted by molar-refractivity contribution is 0.292. The van der Waals surface area contributed by atoms with Crippen molar-refractivity contribution in [2.45, 2.75) is 18.1 Å². The molecule has 1 aromatic heterocycles. The first-order valence-corrected chi connectivity index (χ1v) is 7.65. The molecule has 0 unspecified atom stereocenters. The van der Waals surface area contributed by atoms with Crippen molar-refractivity contribution in [2.24, 2.45) is 11.1 Å². The van der Waals surface area contributed by atoms with Crippen LogP contribution in [0.3, 0.4) is 0 Å². The molecule has 0 aromatic carbocycles. The average molecular weight is 287 g/mol. The van der Waals surface area contributed by atoms with Crippen LogP contribution in [0.25, 0.3) is 0 Å². The van der Waals surface area contributed by atoms with Crippen molar-refractivity contribution in [1.29, 1.82) is 5.26 Å². The molecule has 0 aliphatic rings. The highest BCUT2D eigenvalue weighted by atomic mass is 32.2. The fraction of sp³-hybridized carbons (Fsp3) is 0.545. The van der Waals surface area contributed by atoms with Crippen LogP contribution < -0.4 is 5.73 Å². The van der Waals surface area contributed by atoms with Crippen LogP contribution in [0.4, 0.5) is 0 Å². The molecule has 0 amide bonds. The topological polar surface area (TPSA) is 87.2 Å². The highest BCUT2D eigenvalue weighted by molar-refractivity contribution is 7.91. The molecule has 0 fully saturated rings. The van der Waals surface area contributed by atoms with Crippen molar-refractivity contribution in [3.63, 3.8) is 0 Å². The van der Waals surface area contributed by atoms with E-state index in [2.05, 4.69) is 0 Å². The maximum Gasteiger partial charge on any atom is 0.252 e. The first-order chi connectivity index (χ1) is 8.23. The molecule has 0 aliphatic carbocycles. The Hall–Kier alpha value is -0.940. The molecule has 0 aliphatic heterocycles. The van der Waals surface area contributed by atoms with Gasteiger partial charge < -0.3 is 5.73 Å². The molecule has 1 heterocycles. The zero-order chi connectivity index (χ0) is 14.0. The second-order valence-electron chi connectivity index (χ2n) is 4.86. The van der Waals surface area contributed by atoms with Gasteiger partial charge in [0.15, 0.2) is 0 Å². The molecular formula is C11H17N3O2S2. The predicted molar refractivity (Wildman–Crippen MR) is 71.7 cm³/mol. The Kier molecular flexibility index (Phi) is 4.50. The molecule has 0 spiro atoms. The Labute approximate surface area is 112 Å². The van der Waals surface area contributed by atoms with Crippen molar-refractivity contribution in [1.82, 2.24) is 4.31 Å². The van der Waals surface area contributed by atoms with Gasteiger partial charge in [-0.05, 0) is 24.1 Å². The minimum Gasteiger partial charge on any atom is -0.330 e. The minimum atomic E-state index is -3.53. The van der Waals surface area contributed by atoms with Crippen molar-refractivity contribution in [3.8, 4) is 6.07 Å². The van der Waals surface area contributed by atoms with Gasteiger partial charge in [0.05, 0.1) is 0 Å². The van der Waals surface area contributed by atoms with Gasteiger partial charge in [0.2, 0.25) is 0 Å². The molecule has 18 heavy (non-hydrogen) atoms. The maximum absolute atomic E-state index is 12.2. The summed E-state index contributed by atoms with van der Waals surface area (Å²) in [5, 5.41) is 8.72. The summed E-state index contributed by atoms with van der Waals surface area (Å²) in [5.74, 6) is 0. The molecule has 0 saturated carbocycles. The molecule has 0 radical (unpaired) electrons. The molecule has 0 bridgehead atoms. The largest absolute Gasteiger partial charge is 0.330 e. The van der Waals surface area contributed by atoms with Gasteiger partial charge >= 0.3 is 0 Å². The summed E-state index contributed by atoms with van der Waals surface area (Å²) in [5.41, 5.74) is 5.32. The van der Waals surface area contributed by atoms with Gasteiger partial charge in [-0.1, -0.05) is 13.8 Å². The van der Waals surface area contributed by atoms with Gasteiger partial charge in [0.1, 0.15) is 15.2 Å². The van der Waals surface area contributed by atoms with E-state index in [9.17, 15) is 8.42 Å². The Morgan fingerprint density at radius 3 is 2.56 bits per heavy atom. The standard InChI is InChI=1S/C11H17N3O2S2/c1-11(2,7-13)8-14(3)18(15,16)10-5-4-9(6-12)17-10/h4-5H,7-8,13H2,1-3H3. The van der Waals surface area contributed by atoms with Crippen LogP contribution in [0.1, 0.15) is 18.7 Å². The smallest absolute Gasteiger partial charge is 0.252 e. The van der Waals surface area contributed by atoms with E-state index in [1.807, 2.05) is 19.9 Å². The second-order valence-corrected chi connectivity index (χ2v) is 8.22. The highest BCUT2D eigenvalue weighted by Gasteiger charge is 2.28. The number of rotatable bonds is 5. The van der Waals surface area contributed by atoms with Crippen molar-refractivity contribution >= 4 is 21.4 Å². The summed E-state index contributed by atoms with van der Waals surface area (Å²) in [4.78, 5) is 0.389. The Morgan fingerprint density at radius 2 is 2.11 bits per heavy atom. The van der Waals surface area contributed by atoms with E-state index in [0.29, 0.717) is 18.0 Å². The van der Waals surface area contributed by atoms with Crippen LogP contribution in [0.15, 0.2) is 16.3 Å². The SMILES string of the molecule is CN(CC(C)(C)CN)S(=O)(=O)c1ccc(C#N)s1. The van der Waals surface area contributed by atoms with Crippen LogP contribution in [0.5, 0.6) is 0 Å². The lowest BCUT2D eigenvalue weighted by atomic mass is 9.94. The van der Waals surface area contributed by atoms with Crippen LogP contribution in [-0.2, 0) is 10.0 Å². The minimum absolute atomic E-state index is 0.189. The molecule has 7 heteroatoms. The third-order valence-corrected chi connectivity index (χ3v) is 5.82. The van der Waals surface area contributed by atoms with Crippen LogP contribution in [0.2, 0.25) is 0 Å². The third kappa shape index (κ3) is 3.29. The molecule has 100 valence electrons. The van der Waals surface area contributed by atoms with E-state index in [0.717, 1.165) is 11.3 Å². The fourth-order valence-electron chi connectivity index (χ4n) is 1.42. The van der Waals surface area contributed by atoms with Gasteiger partial charge in [-0.25, -0.2) is 8.42 Å². The Morgan fingerprint density at radius 1 is 1.50 bits per heavy atom. The summed E-state index contributed by atoms with van der Waals surface area (Å²) in [6.07, 6.45) is 0. The first-order valence-electron chi connectivity index (χ1n) is 5.39. The van der Waals surface area contributed by atoms with Crippen LogP contribution in [0, 0.1) is 16.7 Å². The molecular weight excluding hydrogens is 270 g/mol. The molecule has 0 saturated heterocycles. The van der Waals surface area contributed by atoms with Crippen molar-refractivity contribution in [2.75, 3.05) is 20.1 Å². The van der Waals surface area contributed by atoms with E-state index in [-0.39, 0.29) is 9.62 Å². The zero-order valence-corrected chi connectivity index (χ0v) is 12.3. The van der Waals surface area contributed by atoms with E-state index in [1.165, 1.54) is 23.5 Å². The number of nitriles is 1. The predicted octanol–water partition coefficient (Wildman–Crippen LogP) is 1.23. The number of nitrogens with zero attached hydrogens (tertiary/aromatic N) is 2. The number of sulfonamides is 1. The van der Waals surface area contributed by atoms with Gasteiger partial charge in [-0.15, -0.1) is 11.3 Å². The summed E-state index contributed by atoms with van der Waals surface area (Å²) < 4.78 is 26.0. The van der Waals surface area contributed by atoms with Gasteiger partial charge in [-0.2, -0.15) is 9.57 Å². The first kappa shape index (κ1) is 15.1. The van der Waals surface area contributed by atoms with Crippen LogP contribution in [-0.4, -0.2) is 32.9 Å². The van der Waals surface area contributed by atoms with Crippen LogP contribution >= 0.6 is 11.3 Å².